The van der Waals surface area contributed by atoms with E-state index >= 15 is 0 Å². The minimum atomic E-state index is -2.17. The lowest BCUT2D eigenvalue weighted by molar-refractivity contribution is 0.266. The Hall–Kier alpha value is -3.22. The molecule has 2 aromatic carbocycles. The number of pyridine rings is 1. The molecular formula is C27H23F5N2. The zero-order valence-corrected chi connectivity index (χ0v) is 18.8. The summed E-state index contributed by atoms with van der Waals surface area (Å²) in [5.41, 5.74) is 0.982. The van der Waals surface area contributed by atoms with Crippen molar-refractivity contribution in [2.75, 3.05) is 0 Å². The van der Waals surface area contributed by atoms with Crippen LogP contribution in [0.1, 0.15) is 51.3 Å². The monoisotopic (exact) mass is 470 g/mol. The van der Waals surface area contributed by atoms with Crippen LogP contribution in [0.5, 0.6) is 0 Å². The topological polar surface area (TPSA) is 17.3 Å². The van der Waals surface area contributed by atoms with Gasteiger partial charge in [-0.15, -0.1) is 0 Å². The van der Waals surface area contributed by atoms with Crippen molar-refractivity contribution in [1.82, 2.24) is 9.38 Å². The number of rotatable bonds is 4. The number of halogens is 5. The van der Waals surface area contributed by atoms with Gasteiger partial charge in [-0.2, -0.15) is 0 Å². The molecule has 0 bridgehead atoms. The first-order valence-corrected chi connectivity index (χ1v) is 11.3. The van der Waals surface area contributed by atoms with Gasteiger partial charge in [-0.05, 0) is 42.0 Å². The molecule has 1 fully saturated rings. The minimum Gasteiger partial charge on any atom is -0.303 e. The molecule has 1 aliphatic carbocycles. The fourth-order valence-electron chi connectivity index (χ4n) is 5.19. The van der Waals surface area contributed by atoms with E-state index in [0.29, 0.717) is 11.3 Å². The van der Waals surface area contributed by atoms with Gasteiger partial charge in [0.1, 0.15) is 5.82 Å². The maximum atomic E-state index is 14.5. The van der Waals surface area contributed by atoms with Crippen LogP contribution in [0.15, 0.2) is 48.7 Å². The summed E-state index contributed by atoms with van der Waals surface area (Å²) in [6, 6.07) is 11.7. The van der Waals surface area contributed by atoms with Gasteiger partial charge in [0.05, 0.1) is 16.8 Å². The molecule has 1 unspecified atom stereocenters. The lowest BCUT2D eigenvalue weighted by Gasteiger charge is -2.30. The lowest BCUT2D eigenvalue weighted by atomic mass is 9.76. The Labute approximate surface area is 194 Å². The van der Waals surface area contributed by atoms with E-state index < -0.39 is 34.6 Å². The second-order valence-corrected chi connectivity index (χ2v) is 9.38. The second kappa shape index (κ2) is 8.22. The smallest absolute Gasteiger partial charge is 0.200 e. The Morgan fingerprint density at radius 2 is 1.44 bits per heavy atom. The zero-order valence-electron chi connectivity index (χ0n) is 18.8. The first-order chi connectivity index (χ1) is 16.2. The summed E-state index contributed by atoms with van der Waals surface area (Å²) in [7, 11) is 0. The molecule has 0 aliphatic heterocycles. The molecule has 0 radical (unpaired) electrons. The summed E-state index contributed by atoms with van der Waals surface area (Å²) in [5.74, 6) is -8.76. The van der Waals surface area contributed by atoms with Crippen molar-refractivity contribution in [3.63, 3.8) is 0 Å². The summed E-state index contributed by atoms with van der Waals surface area (Å²) in [5, 5.41) is 0. The molecule has 0 N–H and O–H groups in total. The van der Waals surface area contributed by atoms with E-state index in [1.807, 2.05) is 28.8 Å². The number of benzene rings is 2. The fourth-order valence-corrected chi connectivity index (χ4v) is 5.19. The van der Waals surface area contributed by atoms with Gasteiger partial charge in [-0.25, -0.2) is 26.9 Å². The Kier molecular flexibility index (Phi) is 5.46. The molecule has 2 nitrogen and oxygen atoms in total. The lowest BCUT2D eigenvalue weighted by Crippen LogP contribution is -2.21. The van der Waals surface area contributed by atoms with E-state index in [9.17, 15) is 22.0 Å². The largest absolute Gasteiger partial charge is 0.303 e. The fraction of sp³-hybridized carbons (Fsp3) is 0.296. The van der Waals surface area contributed by atoms with Crippen molar-refractivity contribution < 1.29 is 22.0 Å². The SMILES string of the molecule is CC(c1nc(-c2cccc(-c3c(F)c(F)c(F)c(F)c3F)c2)c2ccccn12)C1(C)CCCC1. The van der Waals surface area contributed by atoms with E-state index in [1.165, 1.54) is 31.0 Å². The Bertz CT molecular complexity index is 1370. The van der Waals surface area contributed by atoms with Gasteiger partial charge in [0.2, 0.25) is 5.82 Å². The predicted molar refractivity (Wildman–Crippen MR) is 121 cm³/mol. The number of nitrogens with zero attached hydrogens (tertiary/aromatic N) is 2. The van der Waals surface area contributed by atoms with Crippen LogP contribution >= 0.6 is 0 Å². The van der Waals surface area contributed by atoms with E-state index in [1.54, 1.807) is 6.07 Å². The third-order valence-corrected chi connectivity index (χ3v) is 7.39. The normalized spacial score (nSPS) is 16.3. The first kappa shape index (κ1) is 22.6. The van der Waals surface area contributed by atoms with E-state index in [2.05, 4.69) is 13.8 Å². The van der Waals surface area contributed by atoms with Crippen LogP contribution in [-0.4, -0.2) is 9.38 Å². The number of hydrogen-bond acceptors (Lipinski definition) is 1. The van der Waals surface area contributed by atoms with E-state index in [-0.39, 0.29) is 16.9 Å². The molecule has 4 aromatic rings. The highest BCUT2D eigenvalue weighted by atomic mass is 19.2. The standard InChI is InChI=1S/C27H23F5N2/c1-15(27(2)11-4-5-12-27)26-33-25(18-10-3-6-13-34(18)26)17-9-7-8-16(14-17)19-20(28)22(30)24(32)23(31)21(19)29/h3,6-10,13-15H,4-5,11-12H2,1-2H3. The van der Waals surface area contributed by atoms with E-state index in [0.717, 1.165) is 24.2 Å². The van der Waals surface area contributed by atoms with Crippen molar-refractivity contribution in [2.24, 2.45) is 5.41 Å². The Balaban J connectivity index is 1.67. The predicted octanol–water partition coefficient (Wildman–Crippen LogP) is 8.05. The number of fused-ring (bicyclic) bond motifs is 1. The Morgan fingerprint density at radius 3 is 2.12 bits per heavy atom. The number of aromatic nitrogens is 2. The van der Waals surface area contributed by atoms with Crippen molar-refractivity contribution in [1.29, 1.82) is 0 Å². The number of hydrogen-bond donors (Lipinski definition) is 0. The van der Waals surface area contributed by atoms with Gasteiger partial charge in [0.15, 0.2) is 23.3 Å². The molecule has 2 heterocycles. The van der Waals surface area contributed by atoms with Gasteiger partial charge in [-0.3, -0.25) is 0 Å². The highest BCUT2D eigenvalue weighted by Crippen LogP contribution is 2.48. The van der Waals surface area contributed by atoms with Crippen LogP contribution in [-0.2, 0) is 0 Å². The molecule has 1 atom stereocenters. The molecule has 176 valence electrons. The van der Waals surface area contributed by atoms with Gasteiger partial charge in [0, 0.05) is 17.7 Å². The molecule has 7 heteroatoms. The third-order valence-electron chi connectivity index (χ3n) is 7.39. The van der Waals surface area contributed by atoms with Crippen molar-refractivity contribution in [2.45, 2.75) is 45.4 Å². The molecule has 34 heavy (non-hydrogen) atoms. The summed E-state index contributed by atoms with van der Waals surface area (Å²) in [6.07, 6.45) is 6.52. The van der Waals surface area contributed by atoms with E-state index in [4.69, 9.17) is 4.98 Å². The van der Waals surface area contributed by atoms with Crippen molar-refractivity contribution in [3.8, 4) is 22.4 Å². The minimum absolute atomic E-state index is 0.111. The summed E-state index contributed by atoms with van der Waals surface area (Å²) < 4.78 is 72.1. The highest BCUT2D eigenvalue weighted by Gasteiger charge is 2.37. The zero-order chi connectivity index (χ0) is 24.2. The van der Waals surface area contributed by atoms with Crippen LogP contribution in [0.3, 0.4) is 0 Å². The quantitative estimate of drug-likeness (QED) is 0.168. The van der Waals surface area contributed by atoms with Crippen molar-refractivity contribution in [3.05, 3.63) is 83.6 Å². The summed E-state index contributed by atoms with van der Waals surface area (Å²) in [6.45, 7) is 4.44. The number of imidazole rings is 1. The average Bonchev–Trinajstić information content (AvgIpc) is 3.46. The van der Waals surface area contributed by atoms with Crippen LogP contribution in [0.4, 0.5) is 22.0 Å². The maximum Gasteiger partial charge on any atom is 0.200 e. The Morgan fingerprint density at radius 1 is 0.824 bits per heavy atom. The summed E-state index contributed by atoms with van der Waals surface area (Å²) >= 11 is 0. The third kappa shape index (κ3) is 3.40. The average molecular weight is 470 g/mol. The molecule has 5 rings (SSSR count). The van der Waals surface area contributed by atoms with Crippen molar-refractivity contribution >= 4 is 5.52 Å². The molecule has 2 aromatic heterocycles. The van der Waals surface area contributed by atoms with Gasteiger partial charge < -0.3 is 4.40 Å². The van der Waals surface area contributed by atoms with Gasteiger partial charge in [-0.1, -0.05) is 51.0 Å². The second-order valence-electron chi connectivity index (χ2n) is 9.38. The highest BCUT2D eigenvalue weighted by molar-refractivity contribution is 5.81. The molecule has 0 amide bonds. The molecule has 1 aliphatic rings. The van der Waals surface area contributed by atoms with Crippen LogP contribution in [0.25, 0.3) is 27.9 Å². The van der Waals surface area contributed by atoms with Crippen LogP contribution in [0.2, 0.25) is 0 Å². The van der Waals surface area contributed by atoms with Crippen LogP contribution < -0.4 is 0 Å². The van der Waals surface area contributed by atoms with Crippen LogP contribution in [0, 0.1) is 34.5 Å². The first-order valence-electron chi connectivity index (χ1n) is 11.3. The van der Waals surface area contributed by atoms with Gasteiger partial charge >= 0.3 is 0 Å². The van der Waals surface area contributed by atoms with Gasteiger partial charge in [0.25, 0.3) is 0 Å². The maximum absolute atomic E-state index is 14.5. The molecular weight excluding hydrogens is 447 g/mol. The summed E-state index contributed by atoms with van der Waals surface area (Å²) in [4.78, 5) is 4.95. The molecule has 1 saturated carbocycles. The molecule has 0 saturated heterocycles. The molecule has 0 spiro atoms.